The quantitative estimate of drug-likeness (QED) is 0.840. The number of benzene rings is 1. The number of rotatable bonds is 5. The normalized spacial score (nSPS) is 13.5. The first-order valence-corrected chi connectivity index (χ1v) is 5.24. The highest BCUT2D eigenvalue weighted by Crippen LogP contribution is 2.30. The van der Waals surface area contributed by atoms with Crippen LogP contribution in [-0.2, 0) is 0 Å². The SMILES string of the molecule is NCCC[C@H](N)c1ccccc1OC(F)(F)F. The van der Waals surface area contributed by atoms with Crippen molar-refractivity contribution >= 4 is 0 Å². The van der Waals surface area contributed by atoms with E-state index in [0.29, 0.717) is 24.9 Å². The third kappa shape index (κ3) is 4.62. The van der Waals surface area contributed by atoms with E-state index in [1.807, 2.05) is 0 Å². The molecule has 0 aliphatic rings. The second-order valence-electron chi connectivity index (χ2n) is 3.62. The van der Waals surface area contributed by atoms with Crippen LogP contribution in [0.3, 0.4) is 0 Å². The molecular weight excluding hydrogens is 233 g/mol. The van der Waals surface area contributed by atoms with Crippen LogP contribution in [0, 0.1) is 0 Å². The first-order chi connectivity index (χ1) is 7.94. The van der Waals surface area contributed by atoms with E-state index in [4.69, 9.17) is 11.5 Å². The Balaban J connectivity index is 2.83. The van der Waals surface area contributed by atoms with E-state index in [1.54, 1.807) is 6.07 Å². The largest absolute Gasteiger partial charge is 0.573 e. The molecule has 0 radical (unpaired) electrons. The minimum Gasteiger partial charge on any atom is -0.405 e. The zero-order valence-electron chi connectivity index (χ0n) is 9.20. The zero-order chi connectivity index (χ0) is 12.9. The standard InChI is InChI=1S/C11H15F3N2O/c12-11(13,14)17-10-6-2-1-4-8(10)9(16)5-3-7-15/h1-2,4,6,9H,3,5,7,15-16H2/t9-/m0/s1. The highest BCUT2D eigenvalue weighted by molar-refractivity contribution is 5.35. The molecular formula is C11H15F3N2O. The Hall–Kier alpha value is -1.27. The van der Waals surface area contributed by atoms with Crippen molar-refractivity contribution in [2.45, 2.75) is 25.2 Å². The van der Waals surface area contributed by atoms with E-state index in [0.717, 1.165) is 0 Å². The number of alkyl halides is 3. The Morgan fingerprint density at radius 3 is 2.47 bits per heavy atom. The fourth-order valence-corrected chi connectivity index (χ4v) is 1.50. The van der Waals surface area contributed by atoms with Crippen molar-refractivity contribution in [2.24, 2.45) is 11.5 Å². The lowest BCUT2D eigenvalue weighted by Crippen LogP contribution is -2.20. The third-order valence-electron chi connectivity index (χ3n) is 2.26. The number of halogens is 3. The smallest absolute Gasteiger partial charge is 0.405 e. The van der Waals surface area contributed by atoms with Gasteiger partial charge in [0.25, 0.3) is 0 Å². The minimum atomic E-state index is -4.70. The van der Waals surface area contributed by atoms with Gasteiger partial charge in [-0.1, -0.05) is 18.2 Å². The average molecular weight is 248 g/mol. The van der Waals surface area contributed by atoms with E-state index in [-0.39, 0.29) is 5.75 Å². The van der Waals surface area contributed by atoms with Gasteiger partial charge in [0, 0.05) is 11.6 Å². The predicted molar refractivity (Wildman–Crippen MR) is 58.3 cm³/mol. The van der Waals surface area contributed by atoms with Crippen molar-refractivity contribution in [1.82, 2.24) is 0 Å². The first kappa shape index (κ1) is 13.8. The topological polar surface area (TPSA) is 61.3 Å². The molecule has 0 fully saturated rings. The molecule has 0 spiro atoms. The summed E-state index contributed by atoms with van der Waals surface area (Å²) in [4.78, 5) is 0. The molecule has 0 bridgehead atoms. The molecule has 4 N–H and O–H groups in total. The molecule has 1 aromatic rings. The van der Waals surface area contributed by atoms with Crippen molar-refractivity contribution in [3.8, 4) is 5.75 Å². The van der Waals surface area contributed by atoms with Crippen LogP contribution in [0.25, 0.3) is 0 Å². The Labute approximate surface area is 97.5 Å². The van der Waals surface area contributed by atoms with Gasteiger partial charge < -0.3 is 16.2 Å². The molecule has 0 heterocycles. The van der Waals surface area contributed by atoms with E-state index >= 15 is 0 Å². The molecule has 3 nitrogen and oxygen atoms in total. The van der Waals surface area contributed by atoms with Crippen LogP contribution < -0.4 is 16.2 Å². The molecule has 6 heteroatoms. The minimum absolute atomic E-state index is 0.246. The molecule has 0 aromatic heterocycles. The summed E-state index contributed by atoms with van der Waals surface area (Å²) in [6.45, 7) is 0.454. The van der Waals surface area contributed by atoms with Crippen LogP contribution in [0.5, 0.6) is 5.75 Å². The van der Waals surface area contributed by atoms with Gasteiger partial charge in [-0.3, -0.25) is 0 Å². The maximum atomic E-state index is 12.2. The Bertz CT molecular complexity index is 355. The van der Waals surface area contributed by atoms with Gasteiger partial charge in [0.15, 0.2) is 0 Å². The van der Waals surface area contributed by atoms with E-state index in [2.05, 4.69) is 4.74 Å². The lowest BCUT2D eigenvalue weighted by molar-refractivity contribution is -0.275. The molecule has 0 aliphatic carbocycles. The first-order valence-electron chi connectivity index (χ1n) is 5.24. The van der Waals surface area contributed by atoms with Crippen molar-refractivity contribution < 1.29 is 17.9 Å². The van der Waals surface area contributed by atoms with Gasteiger partial charge in [-0.15, -0.1) is 13.2 Å². The summed E-state index contributed by atoms with van der Waals surface area (Å²) < 4.78 is 40.4. The summed E-state index contributed by atoms with van der Waals surface area (Å²) in [7, 11) is 0. The van der Waals surface area contributed by atoms with E-state index in [1.165, 1.54) is 18.2 Å². The maximum Gasteiger partial charge on any atom is 0.573 e. The van der Waals surface area contributed by atoms with Gasteiger partial charge in [0.2, 0.25) is 0 Å². The summed E-state index contributed by atoms with van der Waals surface area (Å²) in [6, 6.07) is 5.38. The second kappa shape index (κ2) is 5.88. The maximum absolute atomic E-state index is 12.2. The van der Waals surface area contributed by atoms with E-state index in [9.17, 15) is 13.2 Å². The molecule has 0 aliphatic heterocycles. The highest BCUT2D eigenvalue weighted by atomic mass is 19.4. The lowest BCUT2D eigenvalue weighted by atomic mass is 10.0. The Morgan fingerprint density at radius 2 is 1.88 bits per heavy atom. The van der Waals surface area contributed by atoms with Gasteiger partial charge in [0.1, 0.15) is 5.75 Å². The summed E-state index contributed by atoms with van der Waals surface area (Å²) in [5.74, 6) is -0.246. The molecule has 1 atom stereocenters. The summed E-state index contributed by atoms with van der Waals surface area (Å²) in [5.41, 5.74) is 11.5. The molecule has 1 rings (SSSR count). The summed E-state index contributed by atoms with van der Waals surface area (Å²) >= 11 is 0. The fraction of sp³-hybridized carbons (Fsp3) is 0.455. The number of hydrogen-bond donors (Lipinski definition) is 2. The molecule has 0 unspecified atom stereocenters. The van der Waals surface area contributed by atoms with Crippen LogP contribution in [-0.4, -0.2) is 12.9 Å². The van der Waals surface area contributed by atoms with Crippen molar-refractivity contribution in [2.75, 3.05) is 6.54 Å². The van der Waals surface area contributed by atoms with Crippen LogP contribution in [0.1, 0.15) is 24.4 Å². The van der Waals surface area contributed by atoms with Gasteiger partial charge in [0.05, 0.1) is 0 Å². The van der Waals surface area contributed by atoms with Crippen LogP contribution in [0.2, 0.25) is 0 Å². The van der Waals surface area contributed by atoms with Gasteiger partial charge in [-0.2, -0.15) is 0 Å². The number of para-hydroxylation sites is 1. The summed E-state index contributed by atoms with van der Waals surface area (Å²) in [5, 5.41) is 0. The second-order valence-corrected chi connectivity index (χ2v) is 3.62. The van der Waals surface area contributed by atoms with Gasteiger partial charge in [-0.25, -0.2) is 0 Å². The van der Waals surface area contributed by atoms with Crippen molar-refractivity contribution in [3.63, 3.8) is 0 Å². The molecule has 96 valence electrons. The van der Waals surface area contributed by atoms with Gasteiger partial charge in [-0.05, 0) is 25.5 Å². The average Bonchev–Trinajstić information content (AvgIpc) is 2.24. The van der Waals surface area contributed by atoms with Crippen LogP contribution in [0.15, 0.2) is 24.3 Å². The predicted octanol–water partition coefficient (Wildman–Crippen LogP) is 2.32. The van der Waals surface area contributed by atoms with E-state index < -0.39 is 12.4 Å². The third-order valence-corrected chi connectivity index (χ3v) is 2.26. The zero-order valence-corrected chi connectivity index (χ0v) is 9.20. The highest BCUT2D eigenvalue weighted by Gasteiger charge is 2.32. The number of ether oxygens (including phenoxy) is 1. The Kier molecular flexibility index (Phi) is 4.77. The summed E-state index contributed by atoms with van der Waals surface area (Å²) in [6.07, 6.45) is -3.53. The molecule has 1 aromatic carbocycles. The number of hydrogen-bond acceptors (Lipinski definition) is 3. The molecule has 0 saturated heterocycles. The van der Waals surface area contributed by atoms with Crippen molar-refractivity contribution in [3.05, 3.63) is 29.8 Å². The fourth-order valence-electron chi connectivity index (χ4n) is 1.50. The van der Waals surface area contributed by atoms with Crippen LogP contribution >= 0.6 is 0 Å². The lowest BCUT2D eigenvalue weighted by Gasteiger charge is -2.17. The molecule has 0 saturated carbocycles. The van der Waals surface area contributed by atoms with Gasteiger partial charge >= 0.3 is 6.36 Å². The van der Waals surface area contributed by atoms with Crippen molar-refractivity contribution in [1.29, 1.82) is 0 Å². The monoisotopic (exact) mass is 248 g/mol. The Morgan fingerprint density at radius 1 is 1.24 bits per heavy atom. The molecule has 17 heavy (non-hydrogen) atoms. The number of nitrogens with two attached hydrogens (primary N) is 2. The molecule has 0 amide bonds. The van der Waals surface area contributed by atoms with Crippen LogP contribution in [0.4, 0.5) is 13.2 Å².